The fourth-order valence-electron chi connectivity index (χ4n) is 0.455. The van der Waals surface area contributed by atoms with Crippen molar-refractivity contribution < 1.29 is 14.3 Å². The molecular formula is C6H11O3. The summed E-state index contributed by atoms with van der Waals surface area (Å²) in [7, 11) is 1.53. The molecule has 0 spiro atoms. The first kappa shape index (κ1) is 8.43. The van der Waals surface area contributed by atoms with Crippen molar-refractivity contribution in [1.29, 1.82) is 0 Å². The van der Waals surface area contributed by atoms with E-state index in [0.717, 1.165) is 0 Å². The average molecular weight is 131 g/mol. The van der Waals surface area contributed by atoms with Crippen LogP contribution in [0.2, 0.25) is 0 Å². The quantitative estimate of drug-likeness (QED) is 0.520. The molecule has 0 saturated carbocycles. The Kier molecular flexibility index (Phi) is 4.05. The van der Waals surface area contributed by atoms with E-state index >= 15 is 0 Å². The summed E-state index contributed by atoms with van der Waals surface area (Å²) in [4.78, 5) is 10.2. The number of hydrogen-bond donors (Lipinski definition) is 0. The molecule has 0 rings (SSSR count). The molecule has 0 fully saturated rings. The number of carbonyl (C=O) groups is 1. The molecule has 0 aromatic carbocycles. The molecule has 0 aliphatic carbocycles. The highest BCUT2D eigenvalue weighted by Gasteiger charge is 2.02. The van der Waals surface area contributed by atoms with Crippen molar-refractivity contribution in [3.05, 3.63) is 6.92 Å². The highest BCUT2D eigenvalue weighted by atomic mass is 16.6. The van der Waals surface area contributed by atoms with Crippen LogP contribution in [-0.4, -0.2) is 25.8 Å². The van der Waals surface area contributed by atoms with Gasteiger partial charge >= 0.3 is 5.97 Å². The van der Waals surface area contributed by atoms with Gasteiger partial charge in [0.1, 0.15) is 6.10 Å². The highest BCUT2D eigenvalue weighted by Crippen LogP contribution is 1.89. The van der Waals surface area contributed by atoms with Gasteiger partial charge in [-0.05, 0) is 6.92 Å². The minimum Gasteiger partial charge on any atom is -0.460 e. The van der Waals surface area contributed by atoms with Crippen molar-refractivity contribution in [3.63, 3.8) is 0 Å². The van der Waals surface area contributed by atoms with E-state index in [9.17, 15) is 4.79 Å². The summed E-state index contributed by atoms with van der Waals surface area (Å²) in [6.07, 6.45) is -0.382. The third kappa shape index (κ3) is 5.30. The Hall–Kier alpha value is -0.570. The molecule has 0 N–H and O–H groups in total. The molecule has 53 valence electrons. The van der Waals surface area contributed by atoms with Gasteiger partial charge in [-0.25, -0.2) is 0 Å². The molecule has 0 aromatic rings. The van der Waals surface area contributed by atoms with Gasteiger partial charge in [0, 0.05) is 14.0 Å². The molecule has 0 heterocycles. The van der Waals surface area contributed by atoms with Crippen LogP contribution in [0.25, 0.3) is 0 Å². The molecule has 0 saturated heterocycles. The van der Waals surface area contributed by atoms with Gasteiger partial charge < -0.3 is 9.47 Å². The summed E-state index contributed by atoms with van der Waals surface area (Å²) in [5.74, 6) is -0.327. The summed E-state index contributed by atoms with van der Waals surface area (Å²) >= 11 is 0. The fraction of sp³-hybridized carbons (Fsp3) is 0.667. The monoisotopic (exact) mass is 131 g/mol. The van der Waals surface area contributed by atoms with Crippen molar-refractivity contribution in [2.75, 3.05) is 13.7 Å². The lowest BCUT2D eigenvalue weighted by Crippen LogP contribution is -2.17. The molecule has 1 atom stereocenters. The van der Waals surface area contributed by atoms with E-state index in [-0.39, 0.29) is 12.1 Å². The van der Waals surface area contributed by atoms with Crippen molar-refractivity contribution in [2.24, 2.45) is 0 Å². The Morgan fingerprint density at radius 1 is 1.78 bits per heavy atom. The van der Waals surface area contributed by atoms with Crippen LogP contribution in [0.5, 0.6) is 0 Å². The zero-order valence-corrected chi connectivity index (χ0v) is 5.72. The van der Waals surface area contributed by atoms with Gasteiger partial charge in [0.25, 0.3) is 0 Å². The van der Waals surface area contributed by atoms with Crippen LogP contribution < -0.4 is 0 Å². The van der Waals surface area contributed by atoms with Crippen LogP contribution in [0.4, 0.5) is 0 Å². The van der Waals surface area contributed by atoms with Gasteiger partial charge in [0.05, 0.1) is 6.61 Å². The van der Waals surface area contributed by atoms with E-state index in [4.69, 9.17) is 0 Å². The number of methoxy groups -OCH3 is 1. The Labute approximate surface area is 55.0 Å². The lowest BCUT2D eigenvalue weighted by molar-refractivity contribution is -0.146. The van der Waals surface area contributed by atoms with E-state index in [1.165, 1.54) is 14.0 Å². The molecule has 9 heavy (non-hydrogen) atoms. The first-order valence-corrected chi connectivity index (χ1v) is 2.66. The van der Waals surface area contributed by atoms with E-state index in [1.807, 2.05) is 0 Å². The summed E-state index contributed by atoms with van der Waals surface area (Å²) < 4.78 is 9.28. The summed E-state index contributed by atoms with van der Waals surface area (Å²) in [5.41, 5.74) is 0. The zero-order chi connectivity index (χ0) is 7.28. The van der Waals surface area contributed by atoms with Crippen LogP contribution >= 0.6 is 0 Å². The second kappa shape index (κ2) is 4.32. The Morgan fingerprint density at radius 3 is 2.67 bits per heavy atom. The van der Waals surface area contributed by atoms with Crippen LogP contribution in [0, 0.1) is 6.92 Å². The lowest BCUT2D eigenvalue weighted by Gasteiger charge is -2.08. The molecule has 0 aliphatic rings. The number of carbonyl (C=O) groups excluding carboxylic acids is 1. The minimum absolute atomic E-state index is 0.327. The van der Waals surface area contributed by atoms with Crippen LogP contribution in [0.15, 0.2) is 0 Å². The average Bonchev–Trinajstić information content (AvgIpc) is 1.63. The van der Waals surface area contributed by atoms with E-state index in [2.05, 4.69) is 16.4 Å². The van der Waals surface area contributed by atoms with Gasteiger partial charge in [-0.2, -0.15) is 0 Å². The van der Waals surface area contributed by atoms with Gasteiger partial charge in [-0.15, -0.1) is 0 Å². The first-order valence-electron chi connectivity index (χ1n) is 2.66. The van der Waals surface area contributed by atoms with Crippen molar-refractivity contribution in [2.45, 2.75) is 13.0 Å². The normalized spacial score (nSPS) is 12.8. The summed E-state index contributed by atoms with van der Waals surface area (Å²) in [5, 5.41) is 0. The third-order valence-corrected chi connectivity index (χ3v) is 0.685. The van der Waals surface area contributed by atoms with Crippen molar-refractivity contribution >= 4 is 5.97 Å². The van der Waals surface area contributed by atoms with Gasteiger partial charge in [-0.1, -0.05) is 0 Å². The first-order chi connectivity index (χ1) is 4.16. The van der Waals surface area contributed by atoms with Gasteiger partial charge in [-0.3, -0.25) is 4.79 Å². The molecule has 1 radical (unpaired) electrons. The van der Waals surface area contributed by atoms with Gasteiger partial charge in [0.15, 0.2) is 0 Å². The number of ether oxygens (including phenoxy) is 2. The maximum atomic E-state index is 10.2. The smallest absolute Gasteiger partial charge is 0.302 e. The van der Waals surface area contributed by atoms with Crippen LogP contribution in [0.3, 0.4) is 0 Å². The number of rotatable bonds is 3. The molecular weight excluding hydrogens is 120 g/mol. The minimum atomic E-state index is -0.382. The zero-order valence-electron chi connectivity index (χ0n) is 5.72. The molecule has 3 heteroatoms. The number of hydrogen-bond acceptors (Lipinski definition) is 3. The molecule has 0 aliphatic heterocycles. The highest BCUT2D eigenvalue weighted by molar-refractivity contribution is 5.66. The fourth-order valence-corrected chi connectivity index (χ4v) is 0.455. The molecule has 0 bridgehead atoms. The van der Waals surface area contributed by atoms with Gasteiger partial charge in [0.2, 0.25) is 0 Å². The Morgan fingerprint density at radius 2 is 2.33 bits per heavy atom. The summed E-state index contributed by atoms with van der Waals surface area (Å²) in [6, 6.07) is 0. The molecule has 0 amide bonds. The maximum Gasteiger partial charge on any atom is 0.302 e. The molecule has 0 aromatic heterocycles. The second-order valence-electron chi connectivity index (χ2n) is 1.69. The van der Waals surface area contributed by atoms with Crippen LogP contribution in [-0.2, 0) is 14.3 Å². The number of esters is 1. The second-order valence-corrected chi connectivity index (χ2v) is 1.69. The van der Waals surface area contributed by atoms with E-state index in [1.54, 1.807) is 0 Å². The van der Waals surface area contributed by atoms with Crippen LogP contribution in [0.1, 0.15) is 6.92 Å². The Balaban J connectivity index is 3.26. The maximum absolute atomic E-state index is 10.2. The predicted octanol–water partition coefficient (Wildman–Crippen LogP) is 0.399. The third-order valence-electron chi connectivity index (χ3n) is 0.685. The Bertz CT molecular complexity index is 90.3. The van der Waals surface area contributed by atoms with E-state index < -0.39 is 0 Å². The molecule has 3 nitrogen and oxygen atoms in total. The molecule has 0 unspecified atom stereocenters. The SMILES string of the molecule is [CH2][C@@H](COC)OC(C)=O. The summed E-state index contributed by atoms with van der Waals surface area (Å²) in [6.45, 7) is 5.19. The van der Waals surface area contributed by atoms with Crippen molar-refractivity contribution in [3.8, 4) is 0 Å². The topological polar surface area (TPSA) is 35.5 Å². The largest absolute Gasteiger partial charge is 0.460 e. The standard InChI is InChI=1S/C6H11O3/c1-5(4-8-3)9-6(2)7/h5H,1,4H2,2-3H3/t5-/m0/s1. The predicted molar refractivity (Wildman–Crippen MR) is 32.8 cm³/mol. The van der Waals surface area contributed by atoms with Crippen molar-refractivity contribution in [1.82, 2.24) is 0 Å². The lowest BCUT2D eigenvalue weighted by atomic mass is 10.4. The van der Waals surface area contributed by atoms with E-state index in [0.29, 0.717) is 6.61 Å².